The zero-order chi connectivity index (χ0) is 25.5. The summed E-state index contributed by atoms with van der Waals surface area (Å²) in [6.07, 6.45) is -1.68. The molecule has 2 N–H and O–H groups in total. The molecule has 14 heteroatoms. The monoisotopic (exact) mass is 508 g/mol. The Morgan fingerprint density at radius 1 is 1.17 bits per heavy atom. The zero-order valence-corrected chi connectivity index (χ0v) is 18.3. The third kappa shape index (κ3) is 4.26. The van der Waals surface area contributed by atoms with Crippen molar-refractivity contribution in [1.29, 1.82) is 0 Å². The molecule has 1 aromatic carbocycles. The molecular formula is C21H13ClF4N6O3. The molecule has 0 bridgehead atoms. The van der Waals surface area contributed by atoms with Crippen molar-refractivity contribution in [2.75, 3.05) is 0 Å². The predicted octanol–water partition coefficient (Wildman–Crippen LogP) is 4.26. The number of carbonyl (C=O) groups excluding carboxylic acids is 2. The molecule has 0 unspecified atom stereocenters. The first-order valence-electron chi connectivity index (χ1n) is 9.62. The van der Waals surface area contributed by atoms with Crippen molar-refractivity contribution in [3.63, 3.8) is 0 Å². The number of halogens is 5. The van der Waals surface area contributed by atoms with E-state index < -0.39 is 57.6 Å². The average molecular weight is 509 g/mol. The van der Waals surface area contributed by atoms with Gasteiger partial charge in [0.1, 0.15) is 17.1 Å². The number of amides is 2. The van der Waals surface area contributed by atoms with Gasteiger partial charge < -0.3 is 4.52 Å². The third-order valence-corrected chi connectivity index (χ3v) is 5.17. The van der Waals surface area contributed by atoms with Gasteiger partial charge in [-0.25, -0.2) is 19.9 Å². The number of benzene rings is 1. The number of imide groups is 1. The lowest BCUT2D eigenvalue weighted by Crippen LogP contribution is -2.41. The van der Waals surface area contributed by atoms with E-state index in [0.717, 1.165) is 19.2 Å². The van der Waals surface area contributed by atoms with Gasteiger partial charge >= 0.3 is 6.18 Å². The highest BCUT2D eigenvalue weighted by Gasteiger charge is 2.42. The zero-order valence-electron chi connectivity index (χ0n) is 17.5. The second kappa shape index (κ2) is 8.92. The maximum Gasteiger partial charge on any atom is 0.434 e. The van der Waals surface area contributed by atoms with Gasteiger partial charge in [-0.05, 0) is 24.3 Å². The quantitative estimate of drug-likeness (QED) is 0.189. The van der Waals surface area contributed by atoms with E-state index in [9.17, 15) is 27.2 Å². The number of carbonyl (C=O) groups is 2. The van der Waals surface area contributed by atoms with Gasteiger partial charge in [0.25, 0.3) is 5.91 Å². The highest BCUT2D eigenvalue weighted by atomic mass is 35.5. The molecule has 3 heterocycles. The van der Waals surface area contributed by atoms with Gasteiger partial charge in [0.05, 0.1) is 28.0 Å². The molecule has 0 aliphatic rings. The molecule has 0 fully saturated rings. The van der Waals surface area contributed by atoms with Crippen LogP contribution in [0.5, 0.6) is 0 Å². The Bertz CT molecular complexity index is 1410. The van der Waals surface area contributed by atoms with Crippen LogP contribution in [-0.4, -0.2) is 36.7 Å². The molecule has 180 valence electrons. The van der Waals surface area contributed by atoms with Crippen LogP contribution >= 0.6 is 11.6 Å². The summed E-state index contributed by atoms with van der Waals surface area (Å²) >= 11 is 6.08. The van der Waals surface area contributed by atoms with Gasteiger partial charge in [0, 0.05) is 19.3 Å². The lowest BCUT2D eigenvalue weighted by Gasteiger charge is -2.14. The van der Waals surface area contributed by atoms with E-state index in [0.29, 0.717) is 4.68 Å². The molecule has 0 radical (unpaired) electrons. The van der Waals surface area contributed by atoms with Crippen molar-refractivity contribution < 1.29 is 31.7 Å². The number of nitrogens with two attached hydrogens (primary N) is 1. The third-order valence-electron chi connectivity index (χ3n) is 4.85. The Hall–Kier alpha value is -4.10. The molecule has 0 aliphatic heterocycles. The van der Waals surface area contributed by atoms with Crippen LogP contribution in [-0.2, 0) is 11.0 Å². The summed E-state index contributed by atoms with van der Waals surface area (Å²) in [5.41, 5.74) is -3.72. The van der Waals surface area contributed by atoms with Crippen LogP contribution in [0, 0.1) is 5.82 Å². The minimum atomic E-state index is -5.00. The molecule has 4 aromatic rings. The first-order chi connectivity index (χ1) is 16.5. The van der Waals surface area contributed by atoms with Crippen LogP contribution in [0.15, 0.2) is 53.4 Å². The van der Waals surface area contributed by atoms with Crippen molar-refractivity contribution in [2.45, 2.75) is 13.1 Å². The van der Waals surface area contributed by atoms with E-state index in [1.807, 2.05) is 0 Å². The molecule has 9 nitrogen and oxygen atoms in total. The van der Waals surface area contributed by atoms with E-state index in [2.05, 4.69) is 15.2 Å². The standard InChI is InChI=1S/C21H13ClF4N6O3/c1-10(33)31(27)20(34)16-17(15-13(22)3-2-4-14(15)23)30-35-18(16)12-9-29-32(19(12)21(24,25)26)11-5-7-28-8-6-11/h2-9H,27H2,1H3. The van der Waals surface area contributed by atoms with Crippen molar-refractivity contribution in [1.82, 2.24) is 24.9 Å². The summed E-state index contributed by atoms with van der Waals surface area (Å²) in [6.45, 7) is 0.948. The fourth-order valence-corrected chi connectivity index (χ4v) is 3.55. The SMILES string of the molecule is CC(=O)N(N)C(=O)c1c(-c2c(F)cccc2Cl)noc1-c1cnn(-c2ccncc2)c1C(F)(F)F. The molecule has 4 rings (SSSR count). The first-order valence-corrected chi connectivity index (χ1v) is 10.00. The van der Waals surface area contributed by atoms with E-state index in [1.165, 1.54) is 36.7 Å². The van der Waals surface area contributed by atoms with Crippen molar-refractivity contribution in [3.05, 3.63) is 71.0 Å². The van der Waals surface area contributed by atoms with Crippen molar-refractivity contribution >= 4 is 23.4 Å². The number of hydrazine groups is 1. The van der Waals surface area contributed by atoms with Crippen LogP contribution in [0.25, 0.3) is 28.3 Å². The molecule has 0 saturated carbocycles. The fraction of sp³-hybridized carbons (Fsp3) is 0.0952. The second-order valence-electron chi connectivity index (χ2n) is 7.05. The normalized spacial score (nSPS) is 11.5. The number of rotatable bonds is 4. The van der Waals surface area contributed by atoms with Gasteiger partial charge in [-0.1, -0.05) is 22.8 Å². The van der Waals surface area contributed by atoms with Crippen LogP contribution < -0.4 is 5.84 Å². The Morgan fingerprint density at radius 3 is 2.46 bits per heavy atom. The number of nitrogens with zero attached hydrogens (tertiary/aromatic N) is 5. The lowest BCUT2D eigenvalue weighted by molar-refractivity contribution is -0.142. The molecule has 35 heavy (non-hydrogen) atoms. The maximum absolute atomic E-state index is 14.7. The fourth-order valence-electron chi connectivity index (χ4n) is 3.30. The highest BCUT2D eigenvalue weighted by molar-refractivity contribution is 6.33. The van der Waals surface area contributed by atoms with E-state index in [-0.39, 0.29) is 15.7 Å². The molecule has 0 aliphatic carbocycles. The number of alkyl halides is 3. The average Bonchev–Trinajstić information content (AvgIpc) is 3.43. The summed E-state index contributed by atoms with van der Waals surface area (Å²) in [7, 11) is 0. The summed E-state index contributed by atoms with van der Waals surface area (Å²) in [5.74, 6) is 1.60. The van der Waals surface area contributed by atoms with E-state index in [1.54, 1.807) is 0 Å². The van der Waals surface area contributed by atoms with Gasteiger partial charge in [0.15, 0.2) is 11.5 Å². The van der Waals surface area contributed by atoms with Gasteiger partial charge in [-0.2, -0.15) is 18.3 Å². The smallest absolute Gasteiger partial charge is 0.355 e. The predicted molar refractivity (Wildman–Crippen MR) is 113 cm³/mol. The van der Waals surface area contributed by atoms with Crippen molar-refractivity contribution in [3.8, 4) is 28.3 Å². The summed E-state index contributed by atoms with van der Waals surface area (Å²) in [6, 6.07) is 6.10. The summed E-state index contributed by atoms with van der Waals surface area (Å²) in [5, 5.41) is 7.33. The Labute approximate surface area is 198 Å². The molecule has 0 spiro atoms. The Balaban J connectivity index is 2.04. The molecule has 0 saturated heterocycles. The summed E-state index contributed by atoms with van der Waals surface area (Å²) < 4.78 is 62.9. The van der Waals surface area contributed by atoms with Crippen LogP contribution in [0.3, 0.4) is 0 Å². The van der Waals surface area contributed by atoms with Gasteiger partial charge in [-0.3, -0.25) is 14.6 Å². The highest BCUT2D eigenvalue weighted by Crippen LogP contribution is 2.43. The molecule has 2 amide bonds. The topological polar surface area (TPSA) is 120 Å². The minimum absolute atomic E-state index is 0.00697. The largest absolute Gasteiger partial charge is 0.434 e. The Morgan fingerprint density at radius 2 is 1.86 bits per heavy atom. The first kappa shape index (κ1) is 24.0. The van der Waals surface area contributed by atoms with Gasteiger partial charge in [0.2, 0.25) is 5.91 Å². The molecule has 0 atom stereocenters. The van der Waals surface area contributed by atoms with Crippen LogP contribution in [0.1, 0.15) is 23.0 Å². The Kier molecular flexibility index (Phi) is 6.13. The summed E-state index contributed by atoms with van der Waals surface area (Å²) in [4.78, 5) is 28.6. The number of hydrogen-bond donors (Lipinski definition) is 1. The number of pyridine rings is 1. The number of aromatic nitrogens is 4. The van der Waals surface area contributed by atoms with Crippen molar-refractivity contribution in [2.24, 2.45) is 5.84 Å². The minimum Gasteiger partial charge on any atom is -0.355 e. The maximum atomic E-state index is 14.7. The van der Waals surface area contributed by atoms with Crippen LogP contribution in [0.2, 0.25) is 5.02 Å². The van der Waals surface area contributed by atoms with Crippen LogP contribution in [0.4, 0.5) is 17.6 Å². The second-order valence-corrected chi connectivity index (χ2v) is 7.46. The number of hydrogen-bond acceptors (Lipinski definition) is 7. The lowest BCUT2D eigenvalue weighted by atomic mass is 10.0. The van der Waals surface area contributed by atoms with E-state index in [4.69, 9.17) is 22.0 Å². The van der Waals surface area contributed by atoms with E-state index >= 15 is 0 Å². The molecular weight excluding hydrogens is 496 g/mol. The van der Waals surface area contributed by atoms with Gasteiger partial charge in [-0.15, -0.1) is 0 Å². The molecule has 3 aromatic heterocycles.